The van der Waals surface area contributed by atoms with E-state index in [0.717, 1.165) is 5.56 Å². The molecule has 0 spiro atoms. The first-order valence-electron chi connectivity index (χ1n) is 8.61. The Hall–Kier alpha value is -4.13. The smallest absolute Gasteiger partial charge is 0.193 e. The van der Waals surface area contributed by atoms with Crippen LogP contribution in [0, 0.1) is 25.1 Å². The van der Waals surface area contributed by atoms with Gasteiger partial charge >= 0.3 is 0 Å². The van der Waals surface area contributed by atoms with Gasteiger partial charge in [-0.2, -0.15) is 5.10 Å². The molecule has 0 aliphatic rings. The van der Waals surface area contributed by atoms with E-state index >= 15 is 0 Å². The van der Waals surface area contributed by atoms with Crippen LogP contribution >= 0.6 is 0 Å². The third kappa shape index (κ3) is 3.41. The molecule has 0 aliphatic carbocycles. The topological polar surface area (TPSA) is 113 Å². The molecular formula is C19H16FN9. The highest BCUT2D eigenvalue weighted by atomic mass is 19.1. The van der Waals surface area contributed by atoms with E-state index in [4.69, 9.17) is 12.2 Å². The van der Waals surface area contributed by atoms with Gasteiger partial charge in [0.25, 0.3) is 0 Å². The van der Waals surface area contributed by atoms with Crippen LogP contribution in [0.4, 0.5) is 10.2 Å². The van der Waals surface area contributed by atoms with Gasteiger partial charge in [0.2, 0.25) is 0 Å². The molecule has 0 amide bonds. The monoisotopic (exact) mass is 389 g/mol. The zero-order chi connectivity index (χ0) is 20.5. The summed E-state index contributed by atoms with van der Waals surface area (Å²) in [5, 5.41) is 12.2. The van der Waals surface area contributed by atoms with Crippen molar-refractivity contribution >= 4 is 5.82 Å². The van der Waals surface area contributed by atoms with Crippen LogP contribution < -0.4 is 5.73 Å². The Balaban J connectivity index is 1.75. The number of rotatable bonds is 4. The highest BCUT2D eigenvalue weighted by Gasteiger charge is 2.19. The number of anilines is 1. The van der Waals surface area contributed by atoms with E-state index in [1.54, 1.807) is 36.4 Å². The van der Waals surface area contributed by atoms with Gasteiger partial charge in [-0.25, -0.2) is 24.0 Å². The lowest BCUT2D eigenvalue weighted by Gasteiger charge is -2.09. The number of aryl methyl sites for hydroxylation is 1. The molecule has 10 heteroatoms. The second-order valence-corrected chi connectivity index (χ2v) is 6.35. The lowest BCUT2D eigenvalue weighted by Crippen LogP contribution is -2.04. The number of halogens is 1. The largest absolute Gasteiger partial charge is 0.381 e. The average Bonchev–Trinajstić information content (AvgIpc) is 3.33. The van der Waals surface area contributed by atoms with Crippen molar-refractivity contribution in [3.8, 4) is 35.1 Å². The zero-order valence-electron chi connectivity index (χ0n) is 15.7. The molecule has 0 saturated heterocycles. The summed E-state index contributed by atoms with van der Waals surface area (Å²) < 4.78 is 17.8. The molecule has 0 atom stereocenters. The lowest BCUT2D eigenvalue weighted by atomic mass is 10.0. The summed E-state index contributed by atoms with van der Waals surface area (Å²) >= 11 is 0. The molecule has 29 heavy (non-hydrogen) atoms. The number of nitrogen functional groups attached to an aromatic ring is 1. The van der Waals surface area contributed by atoms with Gasteiger partial charge in [0.05, 0.1) is 6.20 Å². The first-order valence-corrected chi connectivity index (χ1v) is 8.61. The minimum absolute atomic E-state index is 0.0433. The molecule has 0 fully saturated rings. The Bertz CT molecular complexity index is 1250. The number of benzene rings is 1. The fourth-order valence-electron chi connectivity index (χ4n) is 2.87. The summed E-state index contributed by atoms with van der Waals surface area (Å²) in [6, 6.07) is 5.40. The van der Waals surface area contributed by atoms with Crippen LogP contribution in [0.3, 0.4) is 0 Å². The maximum atomic E-state index is 14.7. The SMILES string of the molecule is C#Cc1cccc(-c2nc(N)c(F)c(-c3cn(Cc4ncn(C)n4)nn3)n2)c1C. The van der Waals surface area contributed by atoms with Gasteiger partial charge in [0.15, 0.2) is 23.3 Å². The van der Waals surface area contributed by atoms with E-state index in [1.807, 2.05) is 13.0 Å². The van der Waals surface area contributed by atoms with Crippen molar-refractivity contribution in [2.45, 2.75) is 13.5 Å². The first kappa shape index (κ1) is 18.2. The first-order chi connectivity index (χ1) is 14.0. The Morgan fingerprint density at radius 2 is 2.10 bits per heavy atom. The minimum Gasteiger partial charge on any atom is -0.381 e. The predicted molar refractivity (Wildman–Crippen MR) is 104 cm³/mol. The van der Waals surface area contributed by atoms with Crippen LogP contribution in [0.1, 0.15) is 17.0 Å². The molecule has 0 bridgehead atoms. The van der Waals surface area contributed by atoms with Crippen LogP contribution in [0.5, 0.6) is 0 Å². The zero-order valence-corrected chi connectivity index (χ0v) is 15.7. The third-order valence-electron chi connectivity index (χ3n) is 4.34. The molecular weight excluding hydrogens is 373 g/mol. The van der Waals surface area contributed by atoms with E-state index < -0.39 is 5.82 Å². The van der Waals surface area contributed by atoms with E-state index in [-0.39, 0.29) is 29.6 Å². The van der Waals surface area contributed by atoms with Gasteiger partial charge in [-0.05, 0) is 18.6 Å². The van der Waals surface area contributed by atoms with Crippen molar-refractivity contribution in [3.63, 3.8) is 0 Å². The van der Waals surface area contributed by atoms with E-state index in [9.17, 15) is 4.39 Å². The maximum absolute atomic E-state index is 14.7. The van der Waals surface area contributed by atoms with Crippen molar-refractivity contribution in [2.24, 2.45) is 7.05 Å². The van der Waals surface area contributed by atoms with E-state index in [1.165, 1.54) is 4.68 Å². The summed E-state index contributed by atoms with van der Waals surface area (Å²) in [5.41, 5.74) is 8.15. The second-order valence-electron chi connectivity index (χ2n) is 6.35. The van der Waals surface area contributed by atoms with Crippen LogP contribution in [-0.2, 0) is 13.6 Å². The molecule has 144 valence electrons. The number of hydrogen-bond acceptors (Lipinski definition) is 7. The summed E-state index contributed by atoms with van der Waals surface area (Å²) in [5.74, 6) is 2.37. The Morgan fingerprint density at radius 3 is 2.83 bits per heavy atom. The van der Waals surface area contributed by atoms with Gasteiger partial charge in [0.1, 0.15) is 24.3 Å². The summed E-state index contributed by atoms with van der Waals surface area (Å²) in [6.45, 7) is 2.13. The predicted octanol–water partition coefficient (Wildman–Crippen LogP) is 1.59. The van der Waals surface area contributed by atoms with Crippen LogP contribution in [0.25, 0.3) is 22.8 Å². The summed E-state index contributed by atoms with van der Waals surface area (Å²) in [4.78, 5) is 12.6. The molecule has 0 radical (unpaired) electrons. The van der Waals surface area contributed by atoms with Crippen LogP contribution in [-0.4, -0.2) is 39.7 Å². The summed E-state index contributed by atoms with van der Waals surface area (Å²) in [7, 11) is 1.76. The van der Waals surface area contributed by atoms with Gasteiger partial charge in [-0.1, -0.05) is 23.3 Å². The lowest BCUT2D eigenvalue weighted by molar-refractivity contribution is 0.616. The van der Waals surface area contributed by atoms with Gasteiger partial charge in [-0.3, -0.25) is 4.68 Å². The molecule has 0 aliphatic heterocycles. The maximum Gasteiger partial charge on any atom is 0.193 e. The number of nitrogens with two attached hydrogens (primary N) is 1. The quantitative estimate of drug-likeness (QED) is 0.527. The van der Waals surface area contributed by atoms with Crippen molar-refractivity contribution in [3.05, 3.63) is 53.5 Å². The third-order valence-corrected chi connectivity index (χ3v) is 4.34. The molecule has 4 rings (SSSR count). The van der Waals surface area contributed by atoms with Gasteiger partial charge in [0, 0.05) is 18.2 Å². The average molecular weight is 389 g/mol. The molecule has 1 aromatic carbocycles. The minimum atomic E-state index is -0.762. The standard InChI is InChI=1S/C19H16FN9/c1-4-12-6-5-7-13(11(12)2)19-23-17(16(20)18(21)24-19)14-8-29(27-25-14)9-15-22-10-28(3)26-15/h1,5-8,10H,9H2,2-3H3,(H2,21,23,24). The number of hydrogen-bond donors (Lipinski definition) is 1. The number of terminal acetylenes is 1. The van der Waals surface area contributed by atoms with Crippen LogP contribution in [0.2, 0.25) is 0 Å². The molecule has 9 nitrogen and oxygen atoms in total. The molecule has 0 saturated carbocycles. The van der Waals surface area contributed by atoms with E-state index in [0.29, 0.717) is 17.0 Å². The van der Waals surface area contributed by atoms with E-state index in [2.05, 4.69) is 36.3 Å². The highest BCUT2D eigenvalue weighted by Crippen LogP contribution is 2.28. The highest BCUT2D eigenvalue weighted by molar-refractivity contribution is 5.69. The molecule has 3 heterocycles. The fraction of sp³-hybridized carbons (Fsp3) is 0.158. The Kier molecular flexibility index (Phi) is 4.48. The summed E-state index contributed by atoms with van der Waals surface area (Å²) in [6.07, 6.45) is 8.66. The normalized spacial score (nSPS) is 10.8. The molecule has 4 aromatic rings. The van der Waals surface area contributed by atoms with Crippen molar-refractivity contribution in [1.29, 1.82) is 0 Å². The molecule has 3 aromatic heterocycles. The number of nitrogens with zero attached hydrogens (tertiary/aromatic N) is 8. The second kappa shape index (κ2) is 7.12. The van der Waals surface area contributed by atoms with Crippen LogP contribution in [0.15, 0.2) is 30.7 Å². The van der Waals surface area contributed by atoms with Crippen molar-refractivity contribution < 1.29 is 4.39 Å². The Labute approximate surface area is 165 Å². The van der Waals surface area contributed by atoms with Gasteiger partial charge < -0.3 is 5.73 Å². The van der Waals surface area contributed by atoms with Crippen molar-refractivity contribution in [2.75, 3.05) is 5.73 Å². The molecule has 0 unspecified atom stereocenters. The number of aromatic nitrogens is 8. The molecule has 2 N–H and O–H groups in total. The van der Waals surface area contributed by atoms with Crippen molar-refractivity contribution in [1.82, 2.24) is 39.7 Å². The fourth-order valence-corrected chi connectivity index (χ4v) is 2.87. The van der Waals surface area contributed by atoms with Gasteiger partial charge in [-0.15, -0.1) is 11.5 Å². The Morgan fingerprint density at radius 1 is 1.28 bits per heavy atom.